The van der Waals surface area contributed by atoms with Crippen LogP contribution >= 0.6 is 23.2 Å². The molecule has 0 aliphatic heterocycles. The lowest BCUT2D eigenvalue weighted by atomic mass is 10.0. The SMILES string of the molecule is CCCCc1c(CN)ccc(Cl)c1Cl. The smallest absolute Gasteiger partial charge is 0.0627 e. The highest BCUT2D eigenvalue weighted by Gasteiger charge is 2.08. The van der Waals surface area contributed by atoms with Gasteiger partial charge in [0.1, 0.15) is 0 Å². The van der Waals surface area contributed by atoms with Gasteiger partial charge in [0.2, 0.25) is 0 Å². The van der Waals surface area contributed by atoms with Crippen LogP contribution < -0.4 is 5.73 Å². The first-order chi connectivity index (χ1) is 6.70. The van der Waals surface area contributed by atoms with Crippen LogP contribution in [-0.2, 0) is 13.0 Å². The molecular formula is C11H15Cl2N. The summed E-state index contributed by atoms with van der Waals surface area (Å²) in [6.45, 7) is 2.68. The van der Waals surface area contributed by atoms with E-state index in [1.807, 2.05) is 12.1 Å². The first-order valence-electron chi connectivity index (χ1n) is 4.86. The predicted molar refractivity (Wildman–Crippen MR) is 63.0 cm³/mol. The number of rotatable bonds is 4. The minimum atomic E-state index is 0.524. The van der Waals surface area contributed by atoms with Crippen molar-refractivity contribution in [2.45, 2.75) is 32.7 Å². The molecule has 0 atom stereocenters. The molecule has 0 heterocycles. The molecule has 3 heteroatoms. The van der Waals surface area contributed by atoms with Gasteiger partial charge in [0, 0.05) is 6.54 Å². The van der Waals surface area contributed by atoms with Gasteiger partial charge in [-0.1, -0.05) is 42.6 Å². The average molecular weight is 232 g/mol. The normalized spacial score (nSPS) is 10.6. The summed E-state index contributed by atoms with van der Waals surface area (Å²) in [4.78, 5) is 0. The van der Waals surface area contributed by atoms with Crippen LogP contribution in [0.5, 0.6) is 0 Å². The molecular weight excluding hydrogens is 217 g/mol. The standard InChI is InChI=1S/C11H15Cl2N/c1-2-3-4-9-8(7-14)5-6-10(12)11(9)13/h5-6H,2-4,7,14H2,1H3. The Morgan fingerprint density at radius 2 is 2.00 bits per heavy atom. The topological polar surface area (TPSA) is 26.0 Å². The van der Waals surface area contributed by atoms with E-state index in [0.717, 1.165) is 30.4 Å². The average Bonchev–Trinajstić information content (AvgIpc) is 2.20. The Labute approximate surface area is 95.2 Å². The minimum Gasteiger partial charge on any atom is -0.326 e. The summed E-state index contributed by atoms with van der Waals surface area (Å²) >= 11 is 12.1. The molecule has 0 aliphatic carbocycles. The van der Waals surface area contributed by atoms with Gasteiger partial charge in [0.25, 0.3) is 0 Å². The van der Waals surface area contributed by atoms with Crippen molar-refractivity contribution in [2.24, 2.45) is 5.73 Å². The molecule has 1 aromatic rings. The highest BCUT2D eigenvalue weighted by Crippen LogP contribution is 2.29. The number of unbranched alkanes of at least 4 members (excludes halogenated alkanes) is 1. The molecule has 0 aromatic heterocycles. The maximum atomic E-state index is 6.13. The Hall–Kier alpha value is -0.240. The largest absolute Gasteiger partial charge is 0.326 e. The van der Waals surface area contributed by atoms with Crippen LogP contribution in [-0.4, -0.2) is 0 Å². The number of hydrogen-bond acceptors (Lipinski definition) is 1. The first kappa shape index (κ1) is 11.8. The van der Waals surface area contributed by atoms with E-state index in [1.54, 1.807) is 0 Å². The van der Waals surface area contributed by atoms with Gasteiger partial charge in [0.05, 0.1) is 10.0 Å². The maximum Gasteiger partial charge on any atom is 0.0627 e. The Morgan fingerprint density at radius 1 is 1.29 bits per heavy atom. The van der Waals surface area contributed by atoms with Crippen molar-refractivity contribution in [2.75, 3.05) is 0 Å². The van der Waals surface area contributed by atoms with Gasteiger partial charge in [-0.2, -0.15) is 0 Å². The summed E-state index contributed by atoms with van der Waals surface area (Å²) in [7, 11) is 0. The molecule has 0 radical (unpaired) electrons. The van der Waals surface area contributed by atoms with Crippen molar-refractivity contribution >= 4 is 23.2 Å². The number of nitrogens with two attached hydrogens (primary N) is 1. The molecule has 0 bridgehead atoms. The second-order valence-electron chi connectivity index (χ2n) is 3.31. The molecule has 1 nitrogen and oxygen atoms in total. The van der Waals surface area contributed by atoms with Gasteiger partial charge in [-0.25, -0.2) is 0 Å². The van der Waals surface area contributed by atoms with E-state index in [9.17, 15) is 0 Å². The highest BCUT2D eigenvalue weighted by molar-refractivity contribution is 6.42. The van der Waals surface area contributed by atoms with Crippen LogP contribution in [0.25, 0.3) is 0 Å². The van der Waals surface area contributed by atoms with Gasteiger partial charge in [-0.05, 0) is 30.0 Å². The lowest BCUT2D eigenvalue weighted by Crippen LogP contribution is -2.02. The maximum absolute atomic E-state index is 6.13. The summed E-state index contributed by atoms with van der Waals surface area (Å²) in [5.41, 5.74) is 7.86. The Bertz CT molecular complexity index is 310. The minimum absolute atomic E-state index is 0.524. The predicted octanol–water partition coefficient (Wildman–Crippen LogP) is 3.79. The lowest BCUT2D eigenvalue weighted by Gasteiger charge is -2.10. The van der Waals surface area contributed by atoms with Crippen LogP contribution in [0, 0.1) is 0 Å². The third kappa shape index (κ3) is 2.63. The zero-order chi connectivity index (χ0) is 10.6. The first-order valence-corrected chi connectivity index (χ1v) is 5.62. The Balaban J connectivity index is 3.01. The molecule has 0 saturated heterocycles. The lowest BCUT2D eigenvalue weighted by molar-refractivity contribution is 0.786. The van der Waals surface area contributed by atoms with Gasteiger partial charge in [0.15, 0.2) is 0 Å². The zero-order valence-electron chi connectivity index (χ0n) is 8.32. The number of halogens is 2. The van der Waals surface area contributed by atoms with E-state index in [0.29, 0.717) is 16.6 Å². The van der Waals surface area contributed by atoms with Crippen molar-refractivity contribution in [3.8, 4) is 0 Å². The Morgan fingerprint density at radius 3 is 2.57 bits per heavy atom. The number of hydrogen-bond donors (Lipinski definition) is 1. The van der Waals surface area contributed by atoms with Gasteiger partial charge in [-0.3, -0.25) is 0 Å². The summed E-state index contributed by atoms with van der Waals surface area (Å²) in [6.07, 6.45) is 3.22. The van der Waals surface area contributed by atoms with Crippen molar-refractivity contribution in [1.82, 2.24) is 0 Å². The Kier molecular flexibility index (Phi) is 4.73. The van der Waals surface area contributed by atoms with E-state index in [-0.39, 0.29) is 0 Å². The van der Waals surface area contributed by atoms with Crippen molar-refractivity contribution in [3.63, 3.8) is 0 Å². The van der Waals surface area contributed by atoms with E-state index in [1.165, 1.54) is 0 Å². The fourth-order valence-corrected chi connectivity index (χ4v) is 1.90. The van der Waals surface area contributed by atoms with E-state index in [2.05, 4.69) is 6.92 Å². The molecule has 0 unspecified atom stereocenters. The molecule has 0 saturated carbocycles. The monoisotopic (exact) mass is 231 g/mol. The van der Waals surface area contributed by atoms with E-state index < -0.39 is 0 Å². The summed E-state index contributed by atoms with van der Waals surface area (Å²) < 4.78 is 0. The second-order valence-corrected chi connectivity index (χ2v) is 4.09. The molecule has 0 aliphatic rings. The van der Waals surface area contributed by atoms with Crippen molar-refractivity contribution < 1.29 is 0 Å². The van der Waals surface area contributed by atoms with Crippen LogP contribution in [0.2, 0.25) is 10.0 Å². The molecule has 0 fully saturated rings. The van der Waals surface area contributed by atoms with E-state index >= 15 is 0 Å². The number of benzene rings is 1. The zero-order valence-corrected chi connectivity index (χ0v) is 9.83. The molecule has 1 rings (SSSR count). The van der Waals surface area contributed by atoms with Crippen LogP contribution in [0.15, 0.2) is 12.1 Å². The second kappa shape index (κ2) is 5.59. The van der Waals surface area contributed by atoms with Gasteiger partial charge in [-0.15, -0.1) is 0 Å². The molecule has 0 amide bonds. The van der Waals surface area contributed by atoms with Crippen molar-refractivity contribution in [3.05, 3.63) is 33.3 Å². The fraction of sp³-hybridized carbons (Fsp3) is 0.455. The van der Waals surface area contributed by atoms with Crippen LogP contribution in [0.4, 0.5) is 0 Å². The summed E-state index contributed by atoms with van der Waals surface area (Å²) in [5.74, 6) is 0. The van der Waals surface area contributed by atoms with Crippen LogP contribution in [0.1, 0.15) is 30.9 Å². The molecule has 14 heavy (non-hydrogen) atoms. The molecule has 2 N–H and O–H groups in total. The molecule has 0 spiro atoms. The summed E-state index contributed by atoms with van der Waals surface area (Å²) in [6, 6.07) is 3.76. The third-order valence-electron chi connectivity index (χ3n) is 2.29. The van der Waals surface area contributed by atoms with Crippen LogP contribution in [0.3, 0.4) is 0 Å². The molecule has 1 aromatic carbocycles. The molecule has 78 valence electrons. The third-order valence-corrected chi connectivity index (χ3v) is 3.14. The highest BCUT2D eigenvalue weighted by atomic mass is 35.5. The van der Waals surface area contributed by atoms with Gasteiger partial charge < -0.3 is 5.73 Å². The quantitative estimate of drug-likeness (QED) is 0.839. The van der Waals surface area contributed by atoms with Crippen molar-refractivity contribution in [1.29, 1.82) is 0 Å². The van der Waals surface area contributed by atoms with Gasteiger partial charge >= 0.3 is 0 Å². The summed E-state index contributed by atoms with van der Waals surface area (Å²) in [5, 5.41) is 1.29. The van der Waals surface area contributed by atoms with E-state index in [4.69, 9.17) is 28.9 Å². The fourth-order valence-electron chi connectivity index (χ4n) is 1.45.